The summed E-state index contributed by atoms with van der Waals surface area (Å²) in [7, 11) is 0. The maximum absolute atomic E-state index is 12.4. The lowest BCUT2D eigenvalue weighted by atomic mass is 10.0. The summed E-state index contributed by atoms with van der Waals surface area (Å²) in [6, 6.07) is 10.8. The number of hydrogen-bond donors (Lipinski definition) is 1. The molecule has 0 saturated heterocycles. The van der Waals surface area contributed by atoms with Crippen LogP contribution in [0.5, 0.6) is 5.75 Å². The van der Waals surface area contributed by atoms with Gasteiger partial charge in [0.05, 0.1) is 29.5 Å². The maximum Gasteiger partial charge on any atom is 0.573 e. The highest BCUT2D eigenvalue weighted by molar-refractivity contribution is 5.55. The fraction of sp³-hybridized carbons (Fsp3) is 0.238. The van der Waals surface area contributed by atoms with E-state index in [4.69, 9.17) is 4.52 Å². The predicted octanol–water partition coefficient (Wildman–Crippen LogP) is 4.05. The van der Waals surface area contributed by atoms with Gasteiger partial charge in [0, 0.05) is 31.3 Å². The molecule has 11 heteroatoms. The zero-order chi connectivity index (χ0) is 22.1. The number of halogens is 3. The van der Waals surface area contributed by atoms with E-state index >= 15 is 0 Å². The number of imidazole rings is 1. The van der Waals surface area contributed by atoms with Gasteiger partial charge in [0.1, 0.15) is 5.75 Å². The van der Waals surface area contributed by atoms with E-state index in [0.717, 1.165) is 17.1 Å². The summed E-state index contributed by atoms with van der Waals surface area (Å²) in [5, 5.41) is 4.03. The normalized spacial score (nSPS) is 16.7. The van der Waals surface area contributed by atoms with Gasteiger partial charge in [0.15, 0.2) is 0 Å². The molecule has 1 atom stereocenters. The molecule has 4 aromatic rings. The Morgan fingerprint density at radius 3 is 2.72 bits per heavy atom. The molecular weight excluding hydrogens is 425 g/mol. The minimum atomic E-state index is -4.75. The third kappa shape index (κ3) is 4.33. The zero-order valence-electron chi connectivity index (χ0n) is 16.6. The monoisotopic (exact) mass is 442 g/mol. The molecule has 4 heterocycles. The average molecular weight is 442 g/mol. The highest BCUT2D eigenvalue weighted by Crippen LogP contribution is 2.33. The molecule has 1 aliphatic heterocycles. The fourth-order valence-electron chi connectivity index (χ4n) is 3.69. The number of rotatable bonds is 5. The topological polar surface area (TPSA) is 93.0 Å². The van der Waals surface area contributed by atoms with Crippen molar-refractivity contribution in [2.75, 3.05) is 0 Å². The molecule has 1 aromatic carbocycles. The van der Waals surface area contributed by atoms with Crippen molar-refractivity contribution in [3.05, 3.63) is 78.0 Å². The van der Waals surface area contributed by atoms with Crippen molar-refractivity contribution in [3.8, 4) is 17.1 Å². The second-order valence-corrected chi connectivity index (χ2v) is 7.30. The summed E-state index contributed by atoms with van der Waals surface area (Å²) >= 11 is 0. The summed E-state index contributed by atoms with van der Waals surface area (Å²) in [6.45, 7) is 1.18. The van der Waals surface area contributed by atoms with E-state index in [0.29, 0.717) is 31.0 Å². The second-order valence-electron chi connectivity index (χ2n) is 7.30. The van der Waals surface area contributed by atoms with Gasteiger partial charge in [-0.2, -0.15) is 4.98 Å². The summed E-state index contributed by atoms with van der Waals surface area (Å²) in [5.41, 5.74) is 3.38. The minimum absolute atomic E-state index is 0.220. The van der Waals surface area contributed by atoms with Crippen LogP contribution in [-0.4, -0.2) is 36.4 Å². The Labute approximate surface area is 180 Å². The Morgan fingerprint density at radius 1 is 1.12 bits per heavy atom. The second kappa shape index (κ2) is 8.08. The van der Waals surface area contributed by atoms with E-state index in [-0.39, 0.29) is 17.6 Å². The molecule has 0 saturated carbocycles. The van der Waals surface area contributed by atoms with Crippen LogP contribution in [0.1, 0.15) is 29.0 Å². The molecule has 164 valence electrons. The molecule has 0 bridgehead atoms. The lowest BCUT2D eigenvalue weighted by Gasteiger charge is -2.32. The van der Waals surface area contributed by atoms with Crippen LogP contribution in [0.25, 0.3) is 11.4 Å². The molecule has 1 unspecified atom stereocenters. The zero-order valence-corrected chi connectivity index (χ0v) is 16.6. The molecule has 0 spiro atoms. The molecule has 5 rings (SSSR count). The number of nitrogens with one attached hydrogen (secondary N) is 1. The number of H-pyrrole nitrogens is 1. The molecule has 0 amide bonds. The largest absolute Gasteiger partial charge is 0.573 e. The summed E-state index contributed by atoms with van der Waals surface area (Å²) in [5.74, 6) is 0.370. The average Bonchev–Trinajstić information content (AvgIpc) is 3.42. The van der Waals surface area contributed by atoms with Gasteiger partial charge in [0.2, 0.25) is 11.7 Å². The maximum atomic E-state index is 12.4. The number of fused-ring (bicyclic) bond motifs is 1. The van der Waals surface area contributed by atoms with Crippen LogP contribution >= 0.6 is 0 Å². The van der Waals surface area contributed by atoms with Crippen molar-refractivity contribution in [1.82, 2.24) is 30.0 Å². The van der Waals surface area contributed by atoms with Gasteiger partial charge in [-0.1, -0.05) is 11.2 Å². The van der Waals surface area contributed by atoms with Crippen LogP contribution in [-0.2, 0) is 19.5 Å². The van der Waals surface area contributed by atoms with Crippen LogP contribution in [0.3, 0.4) is 0 Å². The van der Waals surface area contributed by atoms with E-state index in [1.165, 1.54) is 24.3 Å². The van der Waals surface area contributed by atoms with Crippen molar-refractivity contribution in [3.63, 3.8) is 0 Å². The highest BCUT2D eigenvalue weighted by atomic mass is 19.4. The first-order chi connectivity index (χ1) is 15.4. The molecule has 0 fully saturated rings. The first kappa shape index (κ1) is 20.2. The minimum Gasteiger partial charge on any atom is -0.406 e. The summed E-state index contributed by atoms with van der Waals surface area (Å²) in [4.78, 5) is 18.6. The molecule has 1 N–H and O–H groups in total. The first-order valence-electron chi connectivity index (χ1n) is 9.79. The molecule has 1 aliphatic rings. The van der Waals surface area contributed by atoms with Gasteiger partial charge < -0.3 is 14.2 Å². The van der Waals surface area contributed by atoms with E-state index in [2.05, 4.69) is 34.7 Å². The van der Waals surface area contributed by atoms with Crippen LogP contribution in [0.15, 0.2) is 59.5 Å². The molecule has 3 aromatic heterocycles. The predicted molar refractivity (Wildman–Crippen MR) is 105 cm³/mol. The third-order valence-corrected chi connectivity index (χ3v) is 5.16. The number of nitrogens with zero attached hydrogens (tertiary/aromatic N) is 5. The lowest BCUT2D eigenvalue weighted by molar-refractivity contribution is -0.274. The summed E-state index contributed by atoms with van der Waals surface area (Å²) in [6.07, 6.45) is -0.766. The highest BCUT2D eigenvalue weighted by Gasteiger charge is 2.34. The smallest absolute Gasteiger partial charge is 0.406 e. The van der Waals surface area contributed by atoms with Gasteiger partial charge in [-0.3, -0.25) is 9.88 Å². The van der Waals surface area contributed by atoms with Crippen molar-refractivity contribution < 1.29 is 22.4 Å². The molecule has 0 aliphatic carbocycles. The Morgan fingerprint density at radius 2 is 1.97 bits per heavy atom. The van der Waals surface area contributed by atoms with Crippen molar-refractivity contribution in [1.29, 1.82) is 0 Å². The summed E-state index contributed by atoms with van der Waals surface area (Å²) < 4.78 is 46.6. The number of ether oxygens (including phenoxy) is 1. The van der Waals surface area contributed by atoms with Gasteiger partial charge in [0.25, 0.3) is 0 Å². The molecule has 8 nitrogen and oxygen atoms in total. The lowest BCUT2D eigenvalue weighted by Crippen LogP contribution is -2.34. The van der Waals surface area contributed by atoms with Crippen molar-refractivity contribution >= 4 is 0 Å². The van der Waals surface area contributed by atoms with Gasteiger partial charge >= 0.3 is 6.36 Å². The fourth-order valence-corrected chi connectivity index (χ4v) is 3.69. The number of aromatic amines is 1. The number of hydrogen-bond acceptors (Lipinski definition) is 7. The Hall–Kier alpha value is -3.73. The number of pyridine rings is 1. The molecule has 32 heavy (non-hydrogen) atoms. The molecule has 0 radical (unpaired) electrons. The quantitative estimate of drug-likeness (QED) is 0.498. The first-order valence-corrected chi connectivity index (χ1v) is 9.79. The van der Waals surface area contributed by atoms with Crippen LogP contribution < -0.4 is 4.74 Å². The van der Waals surface area contributed by atoms with Gasteiger partial charge in [-0.15, -0.1) is 13.2 Å². The van der Waals surface area contributed by atoms with Crippen molar-refractivity contribution in [2.45, 2.75) is 31.9 Å². The van der Waals surface area contributed by atoms with Crippen molar-refractivity contribution in [2.24, 2.45) is 0 Å². The van der Waals surface area contributed by atoms with Crippen LogP contribution in [0, 0.1) is 0 Å². The van der Waals surface area contributed by atoms with E-state index < -0.39 is 6.36 Å². The number of alkyl halides is 3. The standard InChI is InChI=1S/C21H17F3N6O2/c22-21(23,24)31-15-6-4-13(5-7-15)19-28-20(32-29-19)18-9-16-17(27-12-26-16)11-30(18)10-14-3-1-2-8-25-14/h1-8,12,18H,9-11H2,(H,26,27). The number of benzene rings is 1. The molecular formula is C21H17F3N6O2. The Bertz CT molecular complexity index is 1190. The van der Waals surface area contributed by atoms with Crippen LogP contribution in [0.2, 0.25) is 0 Å². The Balaban J connectivity index is 1.39. The van der Waals surface area contributed by atoms with Crippen LogP contribution in [0.4, 0.5) is 13.2 Å². The number of aromatic nitrogens is 5. The van der Waals surface area contributed by atoms with Gasteiger partial charge in [-0.25, -0.2) is 4.98 Å². The van der Waals surface area contributed by atoms with E-state index in [1.54, 1.807) is 12.5 Å². The third-order valence-electron chi connectivity index (χ3n) is 5.16. The van der Waals surface area contributed by atoms with E-state index in [9.17, 15) is 13.2 Å². The van der Waals surface area contributed by atoms with E-state index in [1.807, 2.05) is 18.2 Å². The Kier molecular flexibility index (Phi) is 5.10. The SMILES string of the molecule is FC(F)(F)Oc1ccc(-c2noc(C3Cc4nc[nH]c4CN3Cc3ccccn3)n2)cc1. The van der Waals surface area contributed by atoms with Gasteiger partial charge in [-0.05, 0) is 36.4 Å².